The molecule has 0 aromatic carbocycles. The third-order valence-corrected chi connectivity index (χ3v) is 2.48. The van der Waals surface area contributed by atoms with E-state index in [0.29, 0.717) is 5.41 Å². The van der Waals surface area contributed by atoms with E-state index < -0.39 is 0 Å². The molecule has 1 aliphatic carbocycles. The third-order valence-electron chi connectivity index (χ3n) is 2.48. The normalized spacial score (nSPS) is 27.0. The highest BCUT2D eigenvalue weighted by Gasteiger charge is 2.40. The van der Waals surface area contributed by atoms with Crippen LogP contribution in [0.5, 0.6) is 0 Å². The summed E-state index contributed by atoms with van der Waals surface area (Å²) in [6, 6.07) is 0. The molecule has 0 aromatic heterocycles. The molecule has 2 fully saturated rings. The minimum atomic E-state index is 0.694. The van der Waals surface area contributed by atoms with Crippen molar-refractivity contribution in [2.75, 3.05) is 13.2 Å². The van der Waals surface area contributed by atoms with Gasteiger partial charge in [0.2, 0.25) is 0 Å². The Hall–Kier alpha value is -0.0400. The van der Waals surface area contributed by atoms with E-state index in [1.807, 2.05) is 13.8 Å². The molecule has 1 nitrogen and oxygen atoms in total. The van der Waals surface area contributed by atoms with Crippen LogP contribution >= 0.6 is 0 Å². The molecule has 10 heavy (non-hydrogen) atoms. The summed E-state index contributed by atoms with van der Waals surface area (Å²) in [6.45, 7) is 6.12. The first-order chi connectivity index (χ1) is 4.91. The van der Waals surface area contributed by atoms with Crippen LogP contribution in [0.1, 0.15) is 39.5 Å². The highest BCUT2D eigenvalue weighted by molar-refractivity contribution is 4.89. The molecule has 2 rings (SSSR count). The second-order valence-electron chi connectivity index (χ2n) is 3.20. The molecule has 1 heterocycles. The maximum absolute atomic E-state index is 5.16. The maximum Gasteiger partial charge on any atom is 0.0544 e. The summed E-state index contributed by atoms with van der Waals surface area (Å²) < 4.78 is 5.16. The van der Waals surface area contributed by atoms with Crippen LogP contribution < -0.4 is 0 Å². The monoisotopic (exact) mass is 142 g/mol. The summed E-state index contributed by atoms with van der Waals surface area (Å²) in [7, 11) is 0. The molecule has 1 saturated heterocycles. The molecular weight excluding hydrogens is 124 g/mol. The number of hydrogen-bond acceptors (Lipinski definition) is 1. The SMILES string of the molecule is C1CCC2(C1)COC2.CC. The van der Waals surface area contributed by atoms with Crippen LogP contribution in [-0.4, -0.2) is 13.2 Å². The van der Waals surface area contributed by atoms with Crippen molar-refractivity contribution in [1.29, 1.82) is 0 Å². The second-order valence-corrected chi connectivity index (χ2v) is 3.20. The smallest absolute Gasteiger partial charge is 0.0544 e. The Kier molecular flexibility index (Phi) is 2.72. The first-order valence-corrected chi connectivity index (χ1v) is 4.49. The van der Waals surface area contributed by atoms with Crippen LogP contribution in [0, 0.1) is 5.41 Å². The van der Waals surface area contributed by atoms with Gasteiger partial charge in [-0.2, -0.15) is 0 Å². The molecule has 0 radical (unpaired) electrons. The Morgan fingerprint density at radius 2 is 1.50 bits per heavy atom. The van der Waals surface area contributed by atoms with Gasteiger partial charge in [-0.3, -0.25) is 0 Å². The molecule has 1 heteroatoms. The zero-order valence-corrected chi connectivity index (χ0v) is 7.15. The molecule has 0 amide bonds. The lowest BCUT2D eigenvalue weighted by atomic mass is 9.85. The van der Waals surface area contributed by atoms with Crippen molar-refractivity contribution in [3.8, 4) is 0 Å². The summed E-state index contributed by atoms with van der Waals surface area (Å²) in [5.41, 5.74) is 0.694. The summed E-state index contributed by atoms with van der Waals surface area (Å²) in [4.78, 5) is 0. The van der Waals surface area contributed by atoms with Gasteiger partial charge in [-0.15, -0.1) is 0 Å². The van der Waals surface area contributed by atoms with Crippen molar-refractivity contribution in [3.63, 3.8) is 0 Å². The van der Waals surface area contributed by atoms with Gasteiger partial charge in [-0.1, -0.05) is 26.7 Å². The standard InChI is InChI=1S/C7H12O.C2H6/c1-2-4-7(3-1)5-8-6-7;1-2/h1-6H2;1-2H3. The lowest BCUT2D eigenvalue weighted by Gasteiger charge is -2.37. The minimum absolute atomic E-state index is 0.694. The molecule has 0 atom stereocenters. The minimum Gasteiger partial charge on any atom is -0.380 e. The van der Waals surface area contributed by atoms with E-state index in [0.717, 1.165) is 13.2 Å². The van der Waals surface area contributed by atoms with Gasteiger partial charge in [-0.25, -0.2) is 0 Å². The van der Waals surface area contributed by atoms with E-state index in [2.05, 4.69) is 0 Å². The number of hydrogen-bond donors (Lipinski definition) is 0. The van der Waals surface area contributed by atoms with Gasteiger partial charge in [0.25, 0.3) is 0 Å². The fraction of sp³-hybridized carbons (Fsp3) is 1.00. The van der Waals surface area contributed by atoms with Crippen LogP contribution in [0.3, 0.4) is 0 Å². The number of rotatable bonds is 0. The van der Waals surface area contributed by atoms with Gasteiger partial charge in [0.05, 0.1) is 13.2 Å². The zero-order valence-electron chi connectivity index (χ0n) is 7.15. The van der Waals surface area contributed by atoms with Gasteiger partial charge in [0.15, 0.2) is 0 Å². The van der Waals surface area contributed by atoms with Crippen LogP contribution in [0.25, 0.3) is 0 Å². The average molecular weight is 142 g/mol. The average Bonchev–Trinajstić information content (AvgIpc) is 2.38. The molecule has 60 valence electrons. The highest BCUT2D eigenvalue weighted by Crippen LogP contribution is 2.43. The summed E-state index contributed by atoms with van der Waals surface area (Å²) in [5.74, 6) is 0. The Morgan fingerprint density at radius 3 is 1.70 bits per heavy atom. The molecule has 2 aliphatic rings. The summed E-state index contributed by atoms with van der Waals surface area (Å²) >= 11 is 0. The van der Waals surface area contributed by atoms with Crippen LogP contribution in [0.2, 0.25) is 0 Å². The number of ether oxygens (including phenoxy) is 1. The van der Waals surface area contributed by atoms with E-state index >= 15 is 0 Å². The maximum atomic E-state index is 5.16. The molecule has 0 N–H and O–H groups in total. The Bertz CT molecular complexity index is 86.9. The van der Waals surface area contributed by atoms with Crippen molar-refractivity contribution in [3.05, 3.63) is 0 Å². The third kappa shape index (κ3) is 1.34. The van der Waals surface area contributed by atoms with Crippen LogP contribution in [0.15, 0.2) is 0 Å². The topological polar surface area (TPSA) is 9.23 Å². The molecule has 1 aliphatic heterocycles. The quantitative estimate of drug-likeness (QED) is 0.505. The fourth-order valence-electron chi connectivity index (χ4n) is 1.80. The van der Waals surface area contributed by atoms with Crippen molar-refractivity contribution < 1.29 is 4.74 Å². The molecular formula is C9H18O. The van der Waals surface area contributed by atoms with Crippen LogP contribution in [-0.2, 0) is 4.74 Å². The Morgan fingerprint density at radius 1 is 1.00 bits per heavy atom. The van der Waals surface area contributed by atoms with Crippen molar-refractivity contribution >= 4 is 0 Å². The molecule has 0 aromatic rings. The van der Waals surface area contributed by atoms with Gasteiger partial charge in [0, 0.05) is 5.41 Å². The molecule has 0 bridgehead atoms. The lowest BCUT2D eigenvalue weighted by Crippen LogP contribution is -2.39. The first kappa shape index (κ1) is 8.06. The predicted molar refractivity (Wildman–Crippen MR) is 43.1 cm³/mol. The van der Waals surface area contributed by atoms with Gasteiger partial charge in [-0.05, 0) is 12.8 Å². The van der Waals surface area contributed by atoms with E-state index in [1.165, 1.54) is 25.7 Å². The Labute approximate surface area is 63.8 Å². The second kappa shape index (κ2) is 3.38. The zero-order chi connectivity index (χ0) is 7.45. The Balaban J connectivity index is 0.000000231. The first-order valence-electron chi connectivity index (χ1n) is 4.49. The van der Waals surface area contributed by atoms with Gasteiger partial charge in [0.1, 0.15) is 0 Å². The van der Waals surface area contributed by atoms with Gasteiger partial charge >= 0.3 is 0 Å². The van der Waals surface area contributed by atoms with Crippen molar-refractivity contribution in [2.24, 2.45) is 5.41 Å². The van der Waals surface area contributed by atoms with E-state index in [-0.39, 0.29) is 0 Å². The summed E-state index contributed by atoms with van der Waals surface area (Å²) in [5, 5.41) is 0. The van der Waals surface area contributed by atoms with E-state index in [4.69, 9.17) is 4.74 Å². The largest absolute Gasteiger partial charge is 0.380 e. The van der Waals surface area contributed by atoms with Crippen LogP contribution in [0.4, 0.5) is 0 Å². The molecule has 1 spiro atoms. The molecule has 1 saturated carbocycles. The van der Waals surface area contributed by atoms with Gasteiger partial charge < -0.3 is 4.74 Å². The molecule has 0 unspecified atom stereocenters. The van der Waals surface area contributed by atoms with Crippen molar-refractivity contribution in [2.45, 2.75) is 39.5 Å². The van der Waals surface area contributed by atoms with E-state index in [1.54, 1.807) is 0 Å². The predicted octanol–water partition coefficient (Wildman–Crippen LogP) is 2.60. The summed E-state index contributed by atoms with van der Waals surface area (Å²) in [6.07, 6.45) is 5.77. The highest BCUT2D eigenvalue weighted by atomic mass is 16.5. The fourth-order valence-corrected chi connectivity index (χ4v) is 1.80. The van der Waals surface area contributed by atoms with E-state index in [9.17, 15) is 0 Å². The van der Waals surface area contributed by atoms with Crippen molar-refractivity contribution in [1.82, 2.24) is 0 Å². The lowest BCUT2D eigenvalue weighted by molar-refractivity contribution is -0.108.